The Labute approximate surface area is 100 Å². The maximum atomic E-state index is 10.5. The highest BCUT2D eigenvalue weighted by Gasteiger charge is 2.13. The van der Waals surface area contributed by atoms with Gasteiger partial charge in [-0.1, -0.05) is 17.7 Å². The maximum absolute atomic E-state index is 10.5. The van der Waals surface area contributed by atoms with E-state index in [4.69, 9.17) is 22.4 Å². The minimum absolute atomic E-state index is 0.255. The molecule has 0 aliphatic carbocycles. The molecule has 0 amide bonds. The minimum Gasteiger partial charge on any atom is -0.480 e. The first-order valence-electron chi connectivity index (χ1n) is 3.93. The van der Waals surface area contributed by atoms with Crippen LogP contribution in [0.15, 0.2) is 18.2 Å². The van der Waals surface area contributed by atoms with Crippen LogP contribution < -0.4 is 5.73 Å². The average molecular weight is 326 g/mol. The first-order valence-corrected chi connectivity index (χ1v) is 5.38. The van der Waals surface area contributed by atoms with Gasteiger partial charge in [0.2, 0.25) is 0 Å². The first kappa shape index (κ1) is 11.7. The molecule has 0 aromatic heterocycles. The van der Waals surface area contributed by atoms with Crippen molar-refractivity contribution in [3.05, 3.63) is 32.4 Å². The van der Waals surface area contributed by atoms with E-state index in [-0.39, 0.29) is 6.42 Å². The van der Waals surface area contributed by atoms with Gasteiger partial charge in [0.25, 0.3) is 0 Å². The van der Waals surface area contributed by atoms with E-state index in [1.807, 2.05) is 6.07 Å². The molecule has 0 bridgehead atoms. The lowest BCUT2D eigenvalue weighted by atomic mass is 10.1. The Hall–Kier alpha value is -0.330. The van der Waals surface area contributed by atoms with Crippen LogP contribution in [0, 0.1) is 3.57 Å². The van der Waals surface area contributed by atoms with Crippen LogP contribution in [0.4, 0.5) is 0 Å². The molecular weight excluding hydrogens is 316 g/mol. The second kappa shape index (κ2) is 4.95. The molecule has 76 valence electrons. The standard InChI is InChI=1S/C9H9ClINO2/c10-7-4-6(11)2-1-5(7)3-8(12)9(13)14/h1-2,4,8H,3,12H2,(H,13,14)/t8-/m1/s1. The zero-order chi connectivity index (χ0) is 10.7. The summed E-state index contributed by atoms with van der Waals surface area (Å²) in [6.07, 6.45) is 0.255. The Balaban J connectivity index is 2.82. The van der Waals surface area contributed by atoms with Gasteiger partial charge >= 0.3 is 5.97 Å². The number of halogens is 2. The number of hydrogen-bond acceptors (Lipinski definition) is 2. The van der Waals surface area contributed by atoms with Crippen molar-refractivity contribution in [2.45, 2.75) is 12.5 Å². The largest absolute Gasteiger partial charge is 0.480 e. The fourth-order valence-corrected chi connectivity index (χ4v) is 1.94. The number of nitrogens with two attached hydrogens (primary N) is 1. The Morgan fingerprint density at radius 1 is 1.64 bits per heavy atom. The molecule has 14 heavy (non-hydrogen) atoms. The third-order valence-electron chi connectivity index (χ3n) is 1.77. The summed E-state index contributed by atoms with van der Waals surface area (Å²) in [6.45, 7) is 0. The molecule has 3 N–H and O–H groups in total. The SMILES string of the molecule is N[C@H](Cc1ccc(I)cc1Cl)C(=O)O. The Kier molecular flexibility index (Phi) is 4.15. The number of aliphatic carboxylic acids is 1. The molecule has 0 saturated carbocycles. The van der Waals surface area contributed by atoms with Gasteiger partial charge in [0, 0.05) is 8.59 Å². The van der Waals surface area contributed by atoms with Gasteiger partial charge in [-0.25, -0.2) is 0 Å². The lowest BCUT2D eigenvalue weighted by Crippen LogP contribution is -2.32. The summed E-state index contributed by atoms with van der Waals surface area (Å²) in [7, 11) is 0. The van der Waals surface area contributed by atoms with Crippen molar-refractivity contribution in [3.8, 4) is 0 Å². The summed E-state index contributed by atoms with van der Waals surface area (Å²) >= 11 is 8.06. The van der Waals surface area contributed by atoms with Gasteiger partial charge in [0.1, 0.15) is 6.04 Å². The van der Waals surface area contributed by atoms with E-state index in [1.165, 1.54) is 0 Å². The van der Waals surface area contributed by atoms with Gasteiger partial charge < -0.3 is 10.8 Å². The number of carboxylic acid groups (broad SMARTS) is 1. The van der Waals surface area contributed by atoms with Crippen LogP contribution in [-0.4, -0.2) is 17.1 Å². The molecule has 0 unspecified atom stereocenters. The number of carbonyl (C=O) groups is 1. The highest BCUT2D eigenvalue weighted by atomic mass is 127. The maximum Gasteiger partial charge on any atom is 0.320 e. The molecule has 0 fully saturated rings. The number of benzene rings is 1. The third-order valence-corrected chi connectivity index (χ3v) is 2.79. The average Bonchev–Trinajstić information content (AvgIpc) is 2.09. The Morgan fingerprint density at radius 2 is 2.29 bits per heavy atom. The highest BCUT2D eigenvalue weighted by Crippen LogP contribution is 2.20. The van der Waals surface area contributed by atoms with E-state index in [0.717, 1.165) is 9.13 Å². The highest BCUT2D eigenvalue weighted by molar-refractivity contribution is 14.1. The third kappa shape index (κ3) is 3.11. The molecule has 0 radical (unpaired) electrons. The second-order valence-corrected chi connectivity index (χ2v) is 4.54. The van der Waals surface area contributed by atoms with Gasteiger partial charge in [-0.15, -0.1) is 0 Å². The van der Waals surface area contributed by atoms with Crippen molar-refractivity contribution < 1.29 is 9.90 Å². The molecule has 0 saturated heterocycles. The lowest BCUT2D eigenvalue weighted by molar-refractivity contribution is -0.138. The molecule has 0 spiro atoms. The van der Waals surface area contributed by atoms with Gasteiger partial charge in [0.05, 0.1) is 0 Å². The van der Waals surface area contributed by atoms with Crippen LogP contribution in [-0.2, 0) is 11.2 Å². The van der Waals surface area contributed by atoms with Crippen LogP contribution in [0.2, 0.25) is 5.02 Å². The number of hydrogen-bond donors (Lipinski definition) is 2. The van der Waals surface area contributed by atoms with Crippen molar-refractivity contribution in [2.24, 2.45) is 5.73 Å². The van der Waals surface area contributed by atoms with Gasteiger partial charge in [-0.05, 0) is 46.7 Å². The molecule has 1 aromatic rings. The van der Waals surface area contributed by atoms with Crippen LogP contribution in [0.25, 0.3) is 0 Å². The van der Waals surface area contributed by atoms with Crippen LogP contribution in [0.5, 0.6) is 0 Å². The minimum atomic E-state index is -1.01. The van der Waals surface area contributed by atoms with Crippen molar-refractivity contribution in [1.82, 2.24) is 0 Å². The Bertz CT molecular complexity index is 357. The van der Waals surface area contributed by atoms with Crippen LogP contribution in [0.3, 0.4) is 0 Å². The molecule has 1 rings (SSSR count). The monoisotopic (exact) mass is 325 g/mol. The van der Waals surface area contributed by atoms with Gasteiger partial charge in [0.15, 0.2) is 0 Å². The summed E-state index contributed by atoms with van der Waals surface area (Å²) in [5.41, 5.74) is 6.16. The van der Waals surface area contributed by atoms with Crippen molar-refractivity contribution in [3.63, 3.8) is 0 Å². The smallest absolute Gasteiger partial charge is 0.320 e. The van der Waals surface area contributed by atoms with Crippen molar-refractivity contribution in [2.75, 3.05) is 0 Å². The molecule has 0 aliphatic rings. The predicted octanol–water partition coefficient (Wildman–Crippen LogP) is 1.90. The summed E-state index contributed by atoms with van der Waals surface area (Å²) in [5.74, 6) is -1.01. The number of rotatable bonds is 3. The second-order valence-electron chi connectivity index (χ2n) is 2.88. The van der Waals surface area contributed by atoms with E-state index >= 15 is 0 Å². The molecule has 1 atom stereocenters. The van der Waals surface area contributed by atoms with Gasteiger partial charge in [-0.3, -0.25) is 4.79 Å². The topological polar surface area (TPSA) is 63.3 Å². The fourth-order valence-electron chi connectivity index (χ4n) is 1.01. The quantitative estimate of drug-likeness (QED) is 0.834. The summed E-state index contributed by atoms with van der Waals surface area (Å²) < 4.78 is 1.01. The van der Waals surface area contributed by atoms with Crippen molar-refractivity contribution >= 4 is 40.2 Å². The summed E-state index contributed by atoms with van der Waals surface area (Å²) in [5, 5.41) is 9.18. The summed E-state index contributed by atoms with van der Waals surface area (Å²) in [4.78, 5) is 10.5. The normalized spacial score (nSPS) is 12.5. The zero-order valence-corrected chi connectivity index (χ0v) is 10.1. The predicted molar refractivity (Wildman–Crippen MR) is 63.5 cm³/mol. The first-order chi connectivity index (χ1) is 6.50. The van der Waals surface area contributed by atoms with E-state index in [2.05, 4.69) is 22.6 Å². The van der Waals surface area contributed by atoms with E-state index < -0.39 is 12.0 Å². The molecular formula is C9H9ClINO2. The molecule has 3 nitrogen and oxygen atoms in total. The zero-order valence-electron chi connectivity index (χ0n) is 7.21. The molecule has 5 heteroatoms. The van der Waals surface area contributed by atoms with E-state index in [1.54, 1.807) is 12.1 Å². The summed E-state index contributed by atoms with van der Waals surface area (Å²) in [6, 6.07) is 4.56. The lowest BCUT2D eigenvalue weighted by Gasteiger charge is -2.08. The van der Waals surface area contributed by atoms with Crippen LogP contribution >= 0.6 is 34.2 Å². The number of carboxylic acids is 1. The Morgan fingerprint density at radius 3 is 2.79 bits per heavy atom. The fraction of sp³-hybridized carbons (Fsp3) is 0.222. The van der Waals surface area contributed by atoms with Gasteiger partial charge in [-0.2, -0.15) is 0 Å². The van der Waals surface area contributed by atoms with Crippen LogP contribution in [0.1, 0.15) is 5.56 Å². The van der Waals surface area contributed by atoms with E-state index in [0.29, 0.717) is 5.02 Å². The molecule has 0 aliphatic heterocycles. The van der Waals surface area contributed by atoms with E-state index in [9.17, 15) is 4.79 Å². The molecule has 0 heterocycles. The van der Waals surface area contributed by atoms with Crippen molar-refractivity contribution in [1.29, 1.82) is 0 Å². The molecule has 1 aromatic carbocycles.